The number of halogens is 2. The second kappa shape index (κ2) is 4.93. The van der Waals surface area contributed by atoms with E-state index in [4.69, 9.17) is 0 Å². The molecule has 0 aliphatic heterocycles. The molecule has 0 aromatic heterocycles. The van der Waals surface area contributed by atoms with E-state index in [1.807, 2.05) is 0 Å². The molecule has 1 aliphatic carbocycles. The van der Waals surface area contributed by atoms with Crippen molar-refractivity contribution in [1.29, 1.82) is 0 Å². The molecule has 1 nitrogen and oxygen atoms in total. The second-order valence-corrected chi connectivity index (χ2v) is 7.69. The topological polar surface area (TPSA) is 12.0 Å². The Bertz CT molecular complexity index is 415. The minimum Gasteiger partial charge on any atom is -0.381 e. The maximum atomic E-state index is 3.67. The van der Waals surface area contributed by atoms with Gasteiger partial charge in [0.15, 0.2) is 0 Å². The lowest BCUT2D eigenvalue weighted by atomic mass is 9.91. The van der Waals surface area contributed by atoms with Crippen LogP contribution in [0.5, 0.6) is 0 Å². The van der Waals surface area contributed by atoms with Crippen molar-refractivity contribution >= 4 is 37.5 Å². The molecular weight excluding hydrogens is 342 g/mol. The van der Waals surface area contributed by atoms with Gasteiger partial charge in [-0.05, 0) is 58.3 Å². The van der Waals surface area contributed by atoms with Crippen LogP contribution in [0.2, 0.25) is 0 Å². The summed E-state index contributed by atoms with van der Waals surface area (Å²) in [6.45, 7) is 7.07. The Morgan fingerprint density at radius 2 is 1.94 bits per heavy atom. The number of rotatable bonds is 2. The maximum Gasteiger partial charge on any atom is 0.0487 e. The quantitative estimate of drug-likeness (QED) is 0.739. The third-order valence-electron chi connectivity index (χ3n) is 3.61. The van der Waals surface area contributed by atoms with Gasteiger partial charge in [-0.1, -0.05) is 36.7 Å². The largest absolute Gasteiger partial charge is 0.381 e. The van der Waals surface area contributed by atoms with Crippen LogP contribution in [0.1, 0.15) is 33.6 Å². The van der Waals surface area contributed by atoms with E-state index in [9.17, 15) is 0 Å². The molecule has 0 amide bonds. The normalized spacial score (nSPS) is 27.1. The van der Waals surface area contributed by atoms with Crippen LogP contribution in [-0.2, 0) is 0 Å². The highest BCUT2D eigenvalue weighted by atomic mass is 79.9. The molecule has 1 fully saturated rings. The van der Waals surface area contributed by atoms with E-state index in [2.05, 4.69) is 76.1 Å². The van der Waals surface area contributed by atoms with Gasteiger partial charge in [0.25, 0.3) is 0 Å². The molecule has 0 bridgehead atoms. The van der Waals surface area contributed by atoms with Crippen LogP contribution < -0.4 is 5.32 Å². The highest BCUT2D eigenvalue weighted by Crippen LogP contribution is 2.42. The molecule has 0 heterocycles. The first kappa shape index (κ1) is 13.4. The number of hydrogen-bond donors (Lipinski definition) is 1. The van der Waals surface area contributed by atoms with Gasteiger partial charge in [-0.15, -0.1) is 0 Å². The van der Waals surface area contributed by atoms with Gasteiger partial charge in [0.05, 0.1) is 0 Å². The first-order chi connectivity index (χ1) is 7.87. The predicted octanol–water partition coefficient (Wildman–Crippen LogP) is 5.45. The van der Waals surface area contributed by atoms with Crippen LogP contribution in [0, 0.1) is 11.3 Å². The SMILES string of the molecule is CC1CC(C)(C)CC1Nc1ccc(Br)cc1Br. The van der Waals surface area contributed by atoms with Crippen LogP contribution in [-0.4, -0.2) is 6.04 Å². The summed E-state index contributed by atoms with van der Waals surface area (Å²) in [5, 5.41) is 3.67. The average molecular weight is 361 g/mol. The summed E-state index contributed by atoms with van der Waals surface area (Å²) < 4.78 is 2.23. The van der Waals surface area contributed by atoms with E-state index < -0.39 is 0 Å². The summed E-state index contributed by atoms with van der Waals surface area (Å²) in [5.41, 5.74) is 1.67. The molecule has 1 aromatic rings. The van der Waals surface area contributed by atoms with Crippen LogP contribution in [0.15, 0.2) is 27.1 Å². The molecule has 1 N–H and O–H groups in total. The molecule has 0 radical (unpaired) electrons. The predicted molar refractivity (Wildman–Crippen MR) is 81.4 cm³/mol. The van der Waals surface area contributed by atoms with Crippen molar-refractivity contribution in [2.45, 2.75) is 39.7 Å². The summed E-state index contributed by atoms with van der Waals surface area (Å²) in [6, 6.07) is 6.89. The van der Waals surface area contributed by atoms with Gasteiger partial charge in [-0.2, -0.15) is 0 Å². The van der Waals surface area contributed by atoms with E-state index >= 15 is 0 Å². The molecule has 2 rings (SSSR count). The maximum absolute atomic E-state index is 3.67. The molecule has 2 atom stereocenters. The van der Waals surface area contributed by atoms with E-state index in [1.165, 1.54) is 18.5 Å². The van der Waals surface area contributed by atoms with E-state index in [0.29, 0.717) is 11.5 Å². The Balaban J connectivity index is 2.11. The van der Waals surface area contributed by atoms with Gasteiger partial charge in [0.2, 0.25) is 0 Å². The molecule has 2 unspecified atom stereocenters. The zero-order chi connectivity index (χ0) is 12.6. The third kappa shape index (κ3) is 3.25. The van der Waals surface area contributed by atoms with Crippen LogP contribution in [0.25, 0.3) is 0 Å². The fourth-order valence-electron chi connectivity index (χ4n) is 2.89. The van der Waals surface area contributed by atoms with Gasteiger partial charge >= 0.3 is 0 Å². The Labute approximate surface area is 121 Å². The lowest BCUT2D eigenvalue weighted by Gasteiger charge is -2.20. The zero-order valence-corrected chi connectivity index (χ0v) is 13.7. The molecule has 0 spiro atoms. The highest BCUT2D eigenvalue weighted by Gasteiger charge is 2.36. The summed E-state index contributed by atoms with van der Waals surface area (Å²) in [5.74, 6) is 0.737. The van der Waals surface area contributed by atoms with Gasteiger partial charge in [-0.3, -0.25) is 0 Å². The second-order valence-electron chi connectivity index (χ2n) is 5.92. The molecule has 17 heavy (non-hydrogen) atoms. The highest BCUT2D eigenvalue weighted by molar-refractivity contribution is 9.11. The molecule has 1 aromatic carbocycles. The minimum absolute atomic E-state index is 0.471. The van der Waals surface area contributed by atoms with Gasteiger partial charge in [-0.25, -0.2) is 0 Å². The minimum atomic E-state index is 0.471. The molecule has 0 saturated heterocycles. The Morgan fingerprint density at radius 1 is 1.24 bits per heavy atom. The number of benzene rings is 1. The Kier molecular flexibility index (Phi) is 3.89. The third-order valence-corrected chi connectivity index (χ3v) is 4.76. The van der Waals surface area contributed by atoms with Crippen LogP contribution in [0.4, 0.5) is 5.69 Å². The average Bonchev–Trinajstić information content (AvgIpc) is 2.44. The molecule has 1 aliphatic rings. The summed E-state index contributed by atoms with van der Waals surface area (Å²) >= 11 is 7.09. The van der Waals surface area contributed by atoms with Crippen molar-refractivity contribution in [1.82, 2.24) is 0 Å². The van der Waals surface area contributed by atoms with E-state index in [1.54, 1.807) is 0 Å². The zero-order valence-electron chi connectivity index (χ0n) is 10.6. The summed E-state index contributed by atoms with van der Waals surface area (Å²) in [6.07, 6.45) is 2.55. The van der Waals surface area contributed by atoms with Gasteiger partial charge < -0.3 is 5.32 Å². The molecular formula is C14H19Br2N. The van der Waals surface area contributed by atoms with Crippen molar-refractivity contribution in [3.63, 3.8) is 0 Å². The smallest absolute Gasteiger partial charge is 0.0487 e. The number of anilines is 1. The fraction of sp³-hybridized carbons (Fsp3) is 0.571. The van der Waals surface area contributed by atoms with Crippen molar-refractivity contribution in [3.05, 3.63) is 27.1 Å². The Hall–Kier alpha value is -0.0200. The first-order valence-electron chi connectivity index (χ1n) is 6.09. The molecule has 3 heteroatoms. The summed E-state index contributed by atoms with van der Waals surface area (Å²) in [7, 11) is 0. The van der Waals surface area contributed by atoms with Gasteiger partial charge in [0.1, 0.15) is 0 Å². The van der Waals surface area contributed by atoms with Crippen molar-refractivity contribution in [3.8, 4) is 0 Å². The summed E-state index contributed by atoms with van der Waals surface area (Å²) in [4.78, 5) is 0. The number of hydrogen-bond acceptors (Lipinski definition) is 1. The van der Waals surface area contributed by atoms with E-state index in [-0.39, 0.29) is 0 Å². The fourth-order valence-corrected chi connectivity index (χ4v) is 4.05. The monoisotopic (exact) mass is 359 g/mol. The van der Waals surface area contributed by atoms with E-state index in [0.717, 1.165) is 14.9 Å². The Morgan fingerprint density at radius 3 is 2.47 bits per heavy atom. The van der Waals surface area contributed by atoms with Crippen LogP contribution in [0.3, 0.4) is 0 Å². The molecule has 1 saturated carbocycles. The van der Waals surface area contributed by atoms with Crippen molar-refractivity contribution in [2.75, 3.05) is 5.32 Å². The first-order valence-corrected chi connectivity index (χ1v) is 7.67. The lowest BCUT2D eigenvalue weighted by molar-refractivity contribution is 0.366. The molecule has 94 valence electrons. The number of nitrogens with one attached hydrogen (secondary N) is 1. The lowest BCUT2D eigenvalue weighted by Crippen LogP contribution is -2.22. The standard InChI is InChI=1S/C14H19Br2N/c1-9-7-14(2,3)8-13(9)17-12-5-4-10(15)6-11(12)16/h4-6,9,13,17H,7-8H2,1-3H3. The van der Waals surface area contributed by atoms with Crippen molar-refractivity contribution < 1.29 is 0 Å². The van der Waals surface area contributed by atoms with Crippen LogP contribution >= 0.6 is 31.9 Å². The van der Waals surface area contributed by atoms with Crippen molar-refractivity contribution in [2.24, 2.45) is 11.3 Å². The van der Waals surface area contributed by atoms with Gasteiger partial charge in [0, 0.05) is 20.7 Å².